The van der Waals surface area contributed by atoms with Crippen molar-refractivity contribution in [3.63, 3.8) is 0 Å². The Labute approximate surface area is 110 Å². The molecule has 19 heavy (non-hydrogen) atoms. The topological polar surface area (TPSA) is 133 Å². The molecule has 0 saturated heterocycles. The summed E-state index contributed by atoms with van der Waals surface area (Å²) in [6.45, 7) is -0.597. The second-order valence-corrected chi connectivity index (χ2v) is 6.95. The van der Waals surface area contributed by atoms with E-state index in [1.807, 2.05) is 0 Å². The molecule has 0 bridgehead atoms. The molecule has 0 spiro atoms. The highest BCUT2D eigenvalue weighted by molar-refractivity contribution is 7.91. The van der Waals surface area contributed by atoms with E-state index >= 15 is 0 Å². The lowest BCUT2D eigenvalue weighted by Gasteiger charge is -2.06. The predicted octanol–water partition coefficient (Wildman–Crippen LogP) is 0.413. The van der Waals surface area contributed by atoms with Gasteiger partial charge in [0.15, 0.2) is 9.84 Å². The zero-order valence-corrected chi connectivity index (χ0v) is 11.5. The Balaban J connectivity index is 3.52. The fourth-order valence-corrected chi connectivity index (χ4v) is 3.10. The lowest BCUT2D eigenvalue weighted by atomic mass is 10.3. The van der Waals surface area contributed by atoms with E-state index in [9.17, 15) is 16.8 Å². The first kappa shape index (κ1) is 15.7. The Morgan fingerprint density at radius 2 is 1.84 bits per heavy atom. The summed E-state index contributed by atoms with van der Waals surface area (Å²) in [6.07, 6.45) is 0. The average Bonchev–Trinajstić information content (AvgIpc) is 2.28. The minimum absolute atomic E-state index is 0.173. The van der Waals surface area contributed by atoms with Crippen LogP contribution in [0.15, 0.2) is 38.2 Å². The summed E-state index contributed by atoms with van der Waals surface area (Å²) in [4.78, 5) is -0.985. The molecule has 2 N–H and O–H groups in total. The number of nitrogens with zero attached hydrogens (tertiary/aromatic N) is 2. The summed E-state index contributed by atoms with van der Waals surface area (Å²) in [5.41, 5.74) is -0.173. The van der Waals surface area contributed by atoms with Crippen molar-refractivity contribution in [1.82, 2.24) is 0 Å². The van der Waals surface area contributed by atoms with E-state index in [1.165, 1.54) is 7.05 Å². The van der Waals surface area contributed by atoms with Gasteiger partial charge in [0, 0.05) is 7.05 Å². The van der Waals surface area contributed by atoms with Crippen LogP contribution < -0.4 is 0 Å². The van der Waals surface area contributed by atoms with Gasteiger partial charge in [0.05, 0.1) is 17.3 Å². The highest BCUT2D eigenvalue weighted by Gasteiger charge is 2.21. The number of sulfone groups is 1. The largest absolute Gasteiger partial charge is 0.395 e. The summed E-state index contributed by atoms with van der Waals surface area (Å²) in [5, 5.41) is 15.5. The Kier molecular flexibility index (Phi) is 4.74. The van der Waals surface area contributed by atoms with Crippen LogP contribution in [-0.2, 0) is 20.0 Å². The van der Waals surface area contributed by atoms with Crippen LogP contribution in [-0.4, -0.2) is 45.9 Å². The fourth-order valence-electron chi connectivity index (χ4n) is 1.32. The SMILES string of the molecule is CN=Nc1ccc(S(=O)(=O)CCO)cc1S(=O)(=O)O. The maximum atomic E-state index is 11.7. The molecular formula is C9H12N2O6S2. The molecule has 0 aliphatic rings. The minimum Gasteiger partial charge on any atom is -0.395 e. The van der Waals surface area contributed by atoms with Crippen LogP contribution in [0.5, 0.6) is 0 Å². The third kappa shape index (κ3) is 3.80. The molecule has 1 aromatic carbocycles. The summed E-state index contributed by atoms with van der Waals surface area (Å²) in [6, 6.07) is 3.02. The highest BCUT2D eigenvalue weighted by atomic mass is 32.2. The van der Waals surface area contributed by atoms with Gasteiger partial charge in [-0.1, -0.05) is 0 Å². The molecule has 0 radical (unpaired) electrons. The van der Waals surface area contributed by atoms with Crippen molar-refractivity contribution < 1.29 is 26.5 Å². The molecule has 0 heterocycles. The molecule has 106 valence electrons. The van der Waals surface area contributed by atoms with Gasteiger partial charge in [0.25, 0.3) is 10.1 Å². The van der Waals surface area contributed by atoms with Gasteiger partial charge in [-0.2, -0.15) is 18.6 Å². The molecule has 0 aliphatic heterocycles. The van der Waals surface area contributed by atoms with Crippen molar-refractivity contribution in [3.8, 4) is 0 Å². The Morgan fingerprint density at radius 1 is 1.21 bits per heavy atom. The first-order valence-electron chi connectivity index (χ1n) is 4.97. The van der Waals surface area contributed by atoms with Crippen LogP contribution in [0.1, 0.15) is 0 Å². The van der Waals surface area contributed by atoms with Gasteiger partial charge in [-0.15, -0.1) is 0 Å². The number of hydrogen-bond donors (Lipinski definition) is 2. The Hall–Kier alpha value is -1.36. The van der Waals surface area contributed by atoms with Crippen LogP contribution in [0.4, 0.5) is 5.69 Å². The molecular weight excluding hydrogens is 296 g/mol. The van der Waals surface area contributed by atoms with E-state index in [2.05, 4.69) is 10.2 Å². The monoisotopic (exact) mass is 308 g/mol. The molecule has 0 aromatic heterocycles. The summed E-state index contributed by atoms with van der Waals surface area (Å²) in [5.74, 6) is -0.549. The van der Waals surface area contributed by atoms with Crippen molar-refractivity contribution in [1.29, 1.82) is 0 Å². The number of benzene rings is 1. The minimum atomic E-state index is -4.63. The molecule has 0 unspecified atom stereocenters. The molecule has 1 rings (SSSR count). The third-order valence-corrected chi connectivity index (χ3v) is 4.71. The average molecular weight is 308 g/mol. The van der Waals surface area contributed by atoms with Crippen LogP contribution in [0, 0.1) is 0 Å². The van der Waals surface area contributed by atoms with Crippen LogP contribution in [0.25, 0.3) is 0 Å². The van der Waals surface area contributed by atoms with Gasteiger partial charge in [-0.3, -0.25) is 4.55 Å². The maximum absolute atomic E-state index is 11.7. The van der Waals surface area contributed by atoms with Crippen LogP contribution in [0.3, 0.4) is 0 Å². The molecule has 1 aromatic rings. The zero-order chi connectivity index (χ0) is 14.7. The lowest BCUT2D eigenvalue weighted by molar-refractivity contribution is 0.319. The number of azo groups is 1. The predicted molar refractivity (Wildman–Crippen MR) is 65.8 cm³/mol. The number of aliphatic hydroxyl groups excluding tert-OH is 1. The summed E-state index contributed by atoms with van der Waals surface area (Å²) >= 11 is 0. The van der Waals surface area contributed by atoms with E-state index in [4.69, 9.17) is 9.66 Å². The van der Waals surface area contributed by atoms with Gasteiger partial charge in [0.1, 0.15) is 10.6 Å². The standard InChI is InChI=1S/C9H12N2O6S2/c1-10-11-8-3-2-7(18(13,14)5-4-12)6-9(8)19(15,16)17/h2-3,6,12H,4-5H2,1H3,(H,15,16,17). The van der Waals surface area contributed by atoms with Gasteiger partial charge >= 0.3 is 0 Å². The maximum Gasteiger partial charge on any atom is 0.296 e. The summed E-state index contributed by atoms with van der Waals surface area (Å²) in [7, 11) is -7.16. The van der Waals surface area contributed by atoms with E-state index in [0.717, 1.165) is 18.2 Å². The third-order valence-electron chi connectivity index (χ3n) is 2.14. The molecule has 10 heteroatoms. The molecule has 0 amide bonds. The first-order valence-corrected chi connectivity index (χ1v) is 8.06. The molecule has 0 aliphatic carbocycles. The van der Waals surface area contributed by atoms with Crippen molar-refractivity contribution in [3.05, 3.63) is 18.2 Å². The number of hydrogen-bond acceptors (Lipinski definition) is 7. The second-order valence-electron chi connectivity index (χ2n) is 3.45. The van der Waals surface area contributed by atoms with Crippen molar-refractivity contribution in [2.45, 2.75) is 9.79 Å². The van der Waals surface area contributed by atoms with E-state index in [1.54, 1.807) is 0 Å². The quantitative estimate of drug-likeness (QED) is 0.598. The van der Waals surface area contributed by atoms with Gasteiger partial charge in [0.2, 0.25) is 0 Å². The van der Waals surface area contributed by atoms with E-state index in [-0.39, 0.29) is 10.6 Å². The van der Waals surface area contributed by atoms with Crippen LogP contribution in [0.2, 0.25) is 0 Å². The van der Waals surface area contributed by atoms with Crippen molar-refractivity contribution in [2.75, 3.05) is 19.4 Å². The second kappa shape index (κ2) is 5.74. The number of aliphatic hydroxyl groups is 1. The van der Waals surface area contributed by atoms with Crippen molar-refractivity contribution >= 4 is 25.6 Å². The molecule has 0 saturated carbocycles. The Morgan fingerprint density at radius 3 is 2.32 bits per heavy atom. The first-order chi connectivity index (χ1) is 8.72. The normalized spacial score (nSPS) is 13.0. The zero-order valence-electron chi connectivity index (χ0n) is 9.88. The van der Waals surface area contributed by atoms with Crippen molar-refractivity contribution in [2.24, 2.45) is 10.2 Å². The molecule has 0 atom stereocenters. The summed E-state index contributed by atoms with van der Waals surface area (Å²) < 4.78 is 54.8. The van der Waals surface area contributed by atoms with E-state index in [0.29, 0.717) is 0 Å². The highest BCUT2D eigenvalue weighted by Crippen LogP contribution is 2.27. The van der Waals surface area contributed by atoms with E-state index < -0.39 is 37.2 Å². The number of rotatable bonds is 5. The lowest BCUT2D eigenvalue weighted by Crippen LogP contribution is -2.11. The van der Waals surface area contributed by atoms with Gasteiger partial charge < -0.3 is 5.11 Å². The van der Waals surface area contributed by atoms with Gasteiger partial charge in [-0.05, 0) is 18.2 Å². The molecule has 8 nitrogen and oxygen atoms in total. The van der Waals surface area contributed by atoms with Gasteiger partial charge in [-0.25, -0.2) is 8.42 Å². The smallest absolute Gasteiger partial charge is 0.296 e. The fraction of sp³-hybridized carbons (Fsp3) is 0.333. The Bertz CT molecular complexity index is 693. The van der Waals surface area contributed by atoms with Crippen LogP contribution >= 0.6 is 0 Å². The molecule has 0 fully saturated rings.